The number of benzene rings is 1. The van der Waals surface area contributed by atoms with Gasteiger partial charge in [-0.3, -0.25) is 4.79 Å². The van der Waals surface area contributed by atoms with Crippen LogP contribution < -0.4 is 0 Å². The molecule has 3 heteroatoms. The predicted octanol–water partition coefficient (Wildman–Crippen LogP) is 3.50. The third kappa shape index (κ3) is 2.13. The van der Waals surface area contributed by atoms with Crippen LogP contribution in [0.15, 0.2) is 30.5 Å². The van der Waals surface area contributed by atoms with E-state index in [1.807, 2.05) is 11.8 Å². The summed E-state index contributed by atoms with van der Waals surface area (Å²) in [5, 5.41) is 1.28. The second kappa shape index (κ2) is 5.16. The molecule has 3 nitrogen and oxygen atoms in total. The molecule has 0 unspecified atom stereocenters. The molecule has 3 rings (SSSR count). The molecule has 20 heavy (non-hydrogen) atoms. The van der Waals surface area contributed by atoms with Crippen LogP contribution in [-0.4, -0.2) is 28.9 Å². The number of rotatable bonds is 2. The van der Waals surface area contributed by atoms with Crippen molar-refractivity contribution in [3.05, 3.63) is 41.6 Å². The van der Waals surface area contributed by atoms with E-state index in [0.29, 0.717) is 6.42 Å². The van der Waals surface area contributed by atoms with Gasteiger partial charge in [0.2, 0.25) is 5.91 Å². The topological polar surface area (TPSA) is 36.1 Å². The Hall–Kier alpha value is -2.03. The van der Waals surface area contributed by atoms with Crippen LogP contribution in [0, 0.1) is 6.92 Å². The zero-order valence-electron chi connectivity index (χ0n) is 12.1. The highest BCUT2D eigenvalue weighted by Gasteiger charge is 2.18. The maximum atomic E-state index is 11.7. The third-order valence-corrected chi connectivity index (χ3v) is 4.13. The number of H-pyrrole nitrogens is 1. The summed E-state index contributed by atoms with van der Waals surface area (Å²) in [5.41, 5.74) is 5.12. The Balaban J connectivity index is 1.92. The van der Waals surface area contributed by atoms with Crippen LogP contribution in [0.4, 0.5) is 0 Å². The molecule has 104 valence electrons. The summed E-state index contributed by atoms with van der Waals surface area (Å²) >= 11 is 0. The van der Waals surface area contributed by atoms with E-state index in [1.54, 1.807) is 0 Å². The van der Waals surface area contributed by atoms with Crippen molar-refractivity contribution in [1.29, 1.82) is 0 Å². The Bertz CT molecular complexity index is 681. The number of carbonyl (C=O) groups is 1. The van der Waals surface area contributed by atoms with Crippen LogP contribution in [-0.2, 0) is 4.79 Å². The van der Waals surface area contributed by atoms with Crippen LogP contribution >= 0.6 is 0 Å². The highest BCUT2D eigenvalue weighted by molar-refractivity contribution is 5.94. The zero-order valence-corrected chi connectivity index (χ0v) is 12.1. The Morgan fingerprint density at radius 1 is 1.40 bits per heavy atom. The fraction of sp³-hybridized carbons (Fsp3) is 0.353. The number of hydrogen-bond acceptors (Lipinski definition) is 1. The number of nitrogens with zero attached hydrogens (tertiary/aromatic N) is 1. The van der Waals surface area contributed by atoms with Gasteiger partial charge >= 0.3 is 0 Å². The maximum Gasteiger partial charge on any atom is 0.222 e. The second-order valence-corrected chi connectivity index (χ2v) is 5.37. The number of nitrogens with one attached hydrogen (secondary N) is 1. The van der Waals surface area contributed by atoms with E-state index in [-0.39, 0.29) is 5.91 Å². The molecule has 0 radical (unpaired) electrons. The van der Waals surface area contributed by atoms with Crippen molar-refractivity contribution < 1.29 is 4.79 Å². The van der Waals surface area contributed by atoms with E-state index in [1.165, 1.54) is 27.6 Å². The normalized spacial score (nSPS) is 15.5. The third-order valence-electron chi connectivity index (χ3n) is 4.13. The molecule has 2 heterocycles. The van der Waals surface area contributed by atoms with Gasteiger partial charge in [-0.05, 0) is 24.5 Å². The number of aromatic nitrogens is 1. The summed E-state index contributed by atoms with van der Waals surface area (Å²) in [5.74, 6) is 0.245. The molecule has 1 aliphatic heterocycles. The first-order valence-electron chi connectivity index (χ1n) is 7.24. The number of amides is 1. The van der Waals surface area contributed by atoms with Gasteiger partial charge in [-0.1, -0.05) is 31.2 Å². The number of fused-ring (bicyclic) bond motifs is 1. The molecule has 1 aromatic carbocycles. The first-order valence-corrected chi connectivity index (χ1v) is 7.24. The number of aryl methyl sites for hydroxylation is 1. The Morgan fingerprint density at radius 3 is 2.95 bits per heavy atom. The zero-order chi connectivity index (χ0) is 14.1. The van der Waals surface area contributed by atoms with Crippen LogP contribution in [0.25, 0.3) is 16.5 Å². The molecule has 0 saturated carbocycles. The molecule has 0 saturated heterocycles. The van der Waals surface area contributed by atoms with Gasteiger partial charge in [-0.25, -0.2) is 0 Å². The average molecular weight is 268 g/mol. The van der Waals surface area contributed by atoms with Crippen molar-refractivity contribution in [2.75, 3.05) is 13.1 Å². The van der Waals surface area contributed by atoms with E-state index in [4.69, 9.17) is 0 Å². The molecule has 0 atom stereocenters. The summed E-state index contributed by atoms with van der Waals surface area (Å²) < 4.78 is 0. The highest BCUT2D eigenvalue weighted by atomic mass is 16.2. The van der Waals surface area contributed by atoms with Crippen LogP contribution in [0.3, 0.4) is 0 Å². The molecule has 1 aromatic heterocycles. The summed E-state index contributed by atoms with van der Waals surface area (Å²) in [6.07, 6.45) is 5.82. The lowest BCUT2D eigenvalue weighted by molar-refractivity contribution is -0.130. The average Bonchev–Trinajstić information content (AvgIpc) is 2.92. The van der Waals surface area contributed by atoms with Gasteiger partial charge < -0.3 is 9.88 Å². The first kappa shape index (κ1) is 13.0. The van der Waals surface area contributed by atoms with Crippen molar-refractivity contribution in [2.45, 2.75) is 26.7 Å². The smallest absolute Gasteiger partial charge is 0.222 e. The van der Waals surface area contributed by atoms with Crippen molar-refractivity contribution in [3.63, 3.8) is 0 Å². The van der Waals surface area contributed by atoms with Crippen molar-refractivity contribution in [2.24, 2.45) is 0 Å². The maximum absolute atomic E-state index is 11.7. The quantitative estimate of drug-likeness (QED) is 0.889. The van der Waals surface area contributed by atoms with Gasteiger partial charge in [0, 0.05) is 42.2 Å². The molecule has 0 spiro atoms. The van der Waals surface area contributed by atoms with Crippen LogP contribution in [0.1, 0.15) is 30.9 Å². The predicted molar refractivity (Wildman–Crippen MR) is 82.5 cm³/mol. The molecule has 1 aliphatic rings. The van der Waals surface area contributed by atoms with E-state index in [2.05, 4.69) is 42.4 Å². The summed E-state index contributed by atoms with van der Waals surface area (Å²) in [4.78, 5) is 17.0. The molecule has 1 N–H and O–H groups in total. The highest BCUT2D eigenvalue weighted by Crippen LogP contribution is 2.30. The largest absolute Gasteiger partial charge is 0.360 e. The van der Waals surface area contributed by atoms with Gasteiger partial charge in [0.1, 0.15) is 0 Å². The lowest BCUT2D eigenvalue weighted by atomic mass is 9.98. The number of aromatic amines is 1. The monoisotopic (exact) mass is 268 g/mol. The fourth-order valence-electron chi connectivity index (χ4n) is 2.94. The first-order chi connectivity index (χ1) is 9.70. The SMILES string of the molecule is CCC(=O)N1CC=C(c2c[nH]c3c(C)cccc23)CC1. The van der Waals surface area contributed by atoms with Gasteiger partial charge in [0.15, 0.2) is 0 Å². The Kier molecular flexibility index (Phi) is 3.35. The van der Waals surface area contributed by atoms with Crippen molar-refractivity contribution in [3.8, 4) is 0 Å². The van der Waals surface area contributed by atoms with E-state index in [0.717, 1.165) is 19.5 Å². The Labute approximate surface area is 119 Å². The molecular formula is C17H20N2O. The lowest BCUT2D eigenvalue weighted by Gasteiger charge is -2.26. The summed E-state index contributed by atoms with van der Waals surface area (Å²) in [7, 11) is 0. The van der Waals surface area contributed by atoms with Gasteiger partial charge in [-0.15, -0.1) is 0 Å². The molecular weight excluding hydrogens is 248 g/mol. The van der Waals surface area contributed by atoms with E-state index in [9.17, 15) is 4.79 Å². The van der Waals surface area contributed by atoms with Gasteiger partial charge in [-0.2, -0.15) is 0 Å². The molecule has 0 bridgehead atoms. The number of carbonyl (C=O) groups excluding carboxylic acids is 1. The number of hydrogen-bond donors (Lipinski definition) is 1. The lowest BCUT2D eigenvalue weighted by Crippen LogP contribution is -2.34. The van der Waals surface area contributed by atoms with Crippen molar-refractivity contribution >= 4 is 22.4 Å². The second-order valence-electron chi connectivity index (χ2n) is 5.37. The minimum Gasteiger partial charge on any atom is -0.360 e. The van der Waals surface area contributed by atoms with Gasteiger partial charge in [0.25, 0.3) is 0 Å². The number of para-hydroxylation sites is 1. The van der Waals surface area contributed by atoms with Gasteiger partial charge in [0.05, 0.1) is 0 Å². The molecule has 0 fully saturated rings. The minimum atomic E-state index is 0.245. The molecule has 0 aliphatic carbocycles. The Morgan fingerprint density at radius 2 is 2.25 bits per heavy atom. The summed E-state index contributed by atoms with van der Waals surface area (Å²) in [6, 6.07) is 6.39. The van der Waals surface area contributed by atoms with Crippen LogP contribution in [0.2, 0.25) is 0 Å². The van der Waals surface area contributed by atoms with Crippen molar-refractivity contribution in [1.82, 2.24) is 9.88 Å². The fourth-order valence-corrected chi connectivity index (χ4v) is 2.94. The minimum absolute atomic E-state index is 0.245. The van der Waals surface area contributed by atoms with E-state index < -0.39 is 0 Å². The standard InChI is InChI=1S/C17H20N2O/c1-3-16(20)19-9-7-13(8-10-19)15-11-18-17-12(2)5-4-6-14(15)17/h4-7,11,18H,3,8-10H2,1-2H3. The summed E-state index contributed by atoms with van der Waals surface area (Å²) in [6.45, 7) is 5.61. The molecule has 2 aromatic rings. The molecule has 1 amide bonds. The van der Waals surface area contributed by atoms with Crippen LogP contribution in [0.5, 0.6) is 0 Å². The van der Waals surface area contributed by atoms with E-state index >= 15 is 0 Å².